The summed E-state index contributed by atoms with van der Waals surface area (Å²) in [6.45, 7) is 9.16. The average Bonchev–Trinajstić information content (AvgIpc) is 2.66. The molecule has 5 nitrogen and oxygen atoms in total. The van der Waals surface area contributed by atoms with E-state index in [1.807, 2.05) is 45.9 Å². The summed E-state index contributed by atoms with van der Waals surface area (Å²) in [7, 11) is 0. The van der Waals surface area contributed by atoms with Gasteiger partial charge < -0.3 is 14.6 Å². The van der Waals surface area contributed by atoms with Gasteiger partial charge in [0, 0.05) is 6.42 Å². The highest BCUT2D eigenvalue weighted by atomic mass is 16.4. The lowest BCUT2D eigenvalue weighted by atomic mass is 10.0. The molecule has 0 aliphatic carbocycles. The van der Waals surface area contributed by atoms with Gasteiger partial charge in [0.1, 0.15) is 17.4 Å². The fourth-order valence-electron chi connectivity index (χ4n) is 3.24. The van der Waals surface area contributed by atoms with Crippen molar-refractivity contribution < 1.29 is 19.4 Å². The van der Waals surface area contributed by atoms with E-state index in [-0.39, 0.29) is 23.5 Å². The molecule has 160 valence electrons. The van der Waals surface area contributed by atoms with Crippen LogP contribution in [-0.4, -0.2) is 22.1 Å². The van der Waals surface area contributed by atoms with E-state index in [2.05, 4.69) is 0 Å². The number of ketones is 1. The molecule has 1 aromatic heterocycles. The zero-order valence-electron chi connectivity index (χ0n) is 18.3. The van der Waals surface area contributed by atoms with Crippen LogP contribution < -0.4 is 5.63 Å². The van der Waals surface area contributed by atoms with E-state index in [9.17, 15) is 19.8 Å². The van der Waals surface area contributed by atoms with E-state index < -0.39 is 11.7 Å². The van der Waals surface area contributed by atoms with Crippen LogP contribution in [0, 0.1) is 6.92 Å². The van der Waals surface area contributed by atoms with E-state index >= 15 is 0 Å². The van der Waals surface area contributed by atoms with Crippen molar-refractivity contribution >= 4 is 16.8 Å². The Kier molecular flexibility index (Phi) is 7.95. The van der Waals surface area contributed by atoms with Crippen molar-refractivity contribution in [1.82, 2.24) is 0 Å². The van der Waals surface area contributed by atoms with Gasteiger partial charge in [0.25, 0.3) is 0 Å². The number of aliphatic hydroxyl groups excluding tert-OH is 1. The minimum Gasteiger partial charge on any atom is -0.507 e. The number of allylic oxidation sites excluding steroid dienone is 4. The van der Waals surface area contributed by atoms with Gasteiger partial charge in [-0.15, -0.1) is 0 Å². The third-order valence-electron chi connectivity index (χ3n) is 5.00. The second kappa shape index (κ2) is 10.2. The van der Waals surface area contributed by atoms with Crippen LogP contribution in [0.5, 0.6) is 5.75 Å². The summed E-state index contributed by atoms with van der Waals surface area (Å²) in [5.41, 5.74) is 3.36. The molecule has 0 spiro atoms. The van der Waals surface area contributed by atoms with Gasteiger partial charge in [-0.25, -0.2) is 4.79 Å². The predicted molar refractivity (Wildman–Crippen MR) is 120 cm³/mol. The van der Waals surface area contributed by atoms with Crippen molar-refractivity contribution in [2.45, 2.75) is 60.0 Å². The van der Waals surface area contributed by atoms with Crippen molar-refractivity contribution in [3.8, 4) is 5.75 Å². The van der Waals surface area contributed by atoms with Crippen LogP contribution in [0.2, 0.25) is 0 Å². The van der Waals surface area contributed by atoms with Gasteiger partial charge >= 0.3 is 5.63 Å². The molecule has 2 aromatic rings. The molecule has 2 N–H and O–H groups in total. The molecule has 2 rings (SSSR count). The zero-order valence-corrected chi connectivity index (χ0v) is 18.3. The summed E-state index contributed by atoms with van der Waals surface area (Å²) in [4.78, 5) is 24.4. The minimum atomic E-state index is -1.11. The topological polar surface area (TPSA) is 87.7 Å². The lowest BCUT2D eigenvalue weighted by molar-refractivity contribution is -0.121. The first-order valence-corrected chi connectivity index (χ1v) is 10.1. The highest BCUT2D eigenvalue weighted by Crippen LogP contribution is 2.29. The highest BCUT2D eigenvalue weighted by Gasteiger charge is 2.15. The average molecular weight is 411 g/mol. The van der Waals surface area contributed by atoms with Gasteiger partial charge in [-0.3, -0.25) is 4.79 Å². The SMILES string of the molecule is CC(C)=C[C@@H](O)C(=O)/C(C)=C/CC/C(C)=C/Cc1c(O)c2c(C)cccc2oc1=O. The summed E-state index contributed by atoms with van der Waals surface area (Å²) in [5.74, 6) is -0.329. The van der Waals surface area contributed by atoms with Crippen molar-refractivity contribution in [2.75, 3.05) is 0 Å². The number of Topliss-reactive ketones (excluding diaryl/α,β-unsaturated/α-hetero) is 1. The molecule has 0 unspecified atom stereocenters. The number of benzene rings is 1. The van der Waals surface area contributed by atoms with Crippen LogP contribution in [0.3, 0.4) is 0 Å². The van der Waals surface area contributed by atoms with Crippen molar-refractivity contribution in [1.29, 1.82) is 0 Å². The van der Waals surface area contributed by atoms with Gasteiger partial charge in [-0.1, -0.05) is 35.4 Å². The van der Waals surface area contributed by atoms with Gasteiger partial charge in [-0.2, -0.15) is 0 Å². The number of hydrogen-bond acceptors (Lipinski definition) is 5. The van der Waals surface area contributed by atoms with Gasteiger partial charge in [-0.05, 0) is 70.7 Å². The molecule has 1 atom stereocenters. The Balaban J connectivity index is 2.08. The summed E-state index contributed by atoms with van der Waals surface area (Å²) >= 11 is 0. The molecular weight excluding hydrogens is 380 g/mol. The van der Waals surface area contributed by atoms with Crippen molar-refractivity contribution in [2.24, 2.45) is 0 Å². The Hall–Kier alpha value is -2.92. The maximum atomic E-state index is 12.3. The van der Waals surface area contributed by atoms with E-state index in [1.54, 1.807) is 19.1 Å². The van der Waals surface area contributed by atoms with Gasteiger partial charge in [0.15, 0.2) is 5.78 Å². The second-order valence-electron chi connectivity index (χ2n) is 7.90. The van der Waals surface area contributed by atoms with Crippen molar-refractivity contribution in [3.05, 3.63) is 74.7 Å². The number of carbonyl (C=O) groups excluding carboxylic acids is 1. The Labute approximate surface area is 177 Å². The molecule has 0 aliphatic heterocycles. The Morgan fingerprint density at radius 3 is 2.53 bits per heavy atom. The van der Waals surface area contributed by atoms with Crippen LogP contribution >= 0.6 is 0 Å². The number of aromatic hydroxyl groups is 1. The van der Waals surface area contributed by atoms with Crippen LogP contribution in [0.15, 0.2) is 62.4 Å². The number of fused-ring (bicyclic) bond motifs is 1. The van der Waals surface area contributed by atoms with Crippen molar-refractivity contribution in [3.63, 3.8) is 0 Å². The second-order valence-corrected chi connectivity index (χ2v) is 7.90. The molecule has 1 heterocycles. The summed E-state index contributed by atoms with van der Waals surface area (Å²) in [6, 6.07) is 5.30. The number of aryl methyl sites for hydroxylation is 1. The van der Waals surface area contributed by atoms with E-state index in [4.69, 9.17) is 4.42 Å². The summed E-state index contributed by atoms with van der Waals surface area (Å²) < 4.78 is 5.36. The molecule has 1 aromatic carbocycles. The van der Waals surface area contributed by atoms with E-state index in [0.717, 1.165) is 16.7 Å². The first-order chi connectivity index (χ1) is 14.1. The molecule has 5 heteroatoms. The fraction of sp³-hybridized carbons (Fsp3) is 0.360. The molecule has 30 heavy (non-hydrogen) atoms. The highest BCUT2D eigenvalue weighted by molar-refractivity contribution is 5.99. The zero-order chi connectivity index (χ0) is 22.4. The Morgan fingerprint density at radius 2 is 1.87 bits per heavy atom. The van der Waals surface area contributed by atoms with Gasteiger partial charge in [0.05, 0.1) is 10.9 Å². The summed E-state index contributed by atoms with van der Waals surface area (Å²) in [6.07, 6.45) is 5.73. The number of rotatable bonds is 8. The molecule has 0 saturated heterocycles. The Bertz CT molecular complexity index is 1080. The monoisotopic (exact) mass is 410 g/mol. The standard InChI is InChI=1S/C25H30O5/c1-15(2)14-20(26)23(27)18(5)10-6-8-16(3)12-13-19-24(28)22-17(4)9-7-11-21(22)30-25(19)29/h7,9-12,14,20,26,28H,6,8,13H2,1-5H3/b16-12+,18-10+/t20-/m1/s1. The Morgan fingerprint density at radius 1 is 1.17 bits per heavy atom. The van der Waals surface area contributed by atoms with Gasteiger partial charge in [0.2, 0.25) is 0 Å². The fourth-order valence-corrected chi connectivity index (χ4v) is 3.24. The van der Waals surface area contributed by atoms with E-state index in [1.165, 1.54) is 6.08 Å². The molecule has 0 fully saturated rings. The van der Waals surface area contributed by atoms with Crippen LogP contribution in [0.1, 0.15) is 51.7 Å². The first-order valence-electron chi connectivity index (χ1n) is 10.1. The van der Waals surface area contributed by atoms with E-state index in [0.29, 0.717) is 29.4 Å². The molecule has 0 bridgehead atoms. The predicted octanol–water partition coefficient (Wildman–Crippen LogP) is 4.92. The normalized spacial score (nSPS) is 13.4. The maximum Gasteiger partial charge on any atom is 0.343 e. The molecular formula is C25H30O5. The van der Waals surface area contributed by atoms with Crippen LogP contribution in [-0.2, 0) is 11.2 Å². The lowest BCUT2D eigenvalue weighted by Crippen LogP contribution is -2.18. The third kappa shape index (κ3) is 5.80. The molecule has 0 aliphatic rings. The van der Waals surface area contributed by atoms with Crippen LogP contribution in [0.25, 0.3) is 11.0 Å². The quantitative estimate of drug-likeness (QED) is 0.366. The third-order valence-corrected chi connectivity index (χ3v) is 5.00. The minimum absolute atomic E-state index is 0.0296. The molecule has 0 saturated carbocycles. The largest absolute Gasteiger partial charge is 0.507 e. The molecule has 0 radical (unpaired) electrons. The number of aliphatic hydroxyl groups is 1. The summed E-state index contributed by atoms with van der Waals surface area (Å²) in [5, 5.41) is 21.0. The smallest absolute Gasteiger partial charge is 0.343 e. The number of carbonyl (C=O) groups is 1. The number of hydrogen-bond donors (Lipinski definition) is 2. The first kappa shape index (κ1) is 23.4. The maximum absolute atomic E-state index is 12.3. The molecule has 0 amide bonds. The van der Waals surface area contributed by atoms with Crippen LogP contribution in [0.4, 0.5) is 0 Å². The lowest BCUT2D eigenvalue weighted by Gasteiger charge is -2.08.